The Morgan fingerprint density at radius 2 is 1.44 bits per heavy atom. The van der Waals surface area contributed by atoms with Crippen molar-refractivity contribution in [3.05, 3.63) is 84.2 Å². The highest BCUT2D eigenvalue weighted by Gasteiger charge is 2.09. The fraction of sp³-hybridized carbons (Fsp3) is 0.0667. The van der Waals surface area contributed by atoms with Gasteiger partial charge in [-0.25, -0.2) is 4.39 Å². The SMILES string of the molecule is C=CC(c1ccccc1)c1ccc(F)cc1. The minimum Gasteiger partial charge on any atom is -0.207 e. The largest absolute Gasteiger partial charge is 0.207 e. The zero-order chi connectivity index (χ0) is 11.4. The highest BCUT2D eigenvalue weighted by molar-refractivity contribution is 5.36. The summed E-state index contributed by atoms with van der Waals surface area (Å²) in [5, 5.41) is 0. The van der Waals surface area contributed by atoms with E-state index < -0.39 is 0 Å². The molecule has 1 heteroatoms. The van der Waals surface area contributed by atoms with Gasteiger partial charge in [0.05, 0.1) is 0 Å². The highest BCUT2D eigenvalue weighted by Crippen LogP contribution is 2.25. The summed E-state index contributed by atoms with van der Waals surface area (Å²) in [6.45, 7) is 3.84. The lowest BCUT2D eigenvalue weighted by Crippen LogP contribution is -1.96. The molecule has 0 heterocycles. The van der Waals surface area contributed by atoms with Gasteiger partial charge < -0.3 is 0 Å². The van der Waals surface area contributed by atoms with Crippen molar-refractivity contribution in [1.82, 2.24) is 0 Å². The van der Waals surface area contributed by atoms with Crippen molar-refractivity contribution in [2.45, 2.75) is 5.92 Å². The summed E-state index contributed by atoms with van der Waals surface area (Å²) in [7, 11) is 0. The molecule has 0 amide bonds. The van der Waals surface area contributed by atoms with Crippen LogP contribution in [0.3, 0.4) is 0 Å². The van der Waals surface area contributed by atoms with Crippen molar-refractivity contribution in [1.29, 1.82) is 0 Å². The second kappa shape index (κ2) is 4.75. The predicted octanol–water partition coefficient (Wildman–Crippen LogP) is 4.14. The second-order valence-electron chi connectivity index (χ2n) is 3.68. The Labute approximate surface area is 95.1 Å². The Morgan fingerprint density at radius 3 is 2.00 bits per heavy atom. The third kappa shape index (κ3) is 2.19. The molecule has 0 N–H and O–H groups in total. The molecule has 16 heavy (non-hydrogen) atoms. The Hall–Kier alpha value is -1.89. The van der Waals surface area contributed by atoms with E-state index >= 15 is 0 Å². The molecule has 0 spiro atoms. The van der Waals surface area contributed by atoms with E-state index in [2.05, 4.69) is 18.7 Å². The van der Waals surface area contributed by atoms with E-state index in [9.17, 15) is 4.39 Å². The summed E-state index contributed by atoms with van der Waals surface area (Å²) in [4.78, 5) is 0. The van der Waals surface area contributed by atoms with Crippen molar-refractivity contribution in [2.75, 3.05) is 0 Å². The number of rotatable bonds is 3. The standard InChI is InChI=1S/C15H13F/c1-2-15(12-6-4-3-5-7-12)13-8-10-14(16)11-9-13/h2-11,15H,1H2. The molecule has 2 aromatic carbocycles. The lowest BCUT2D eigenvalue weighted by molar-refractivity contribution is 0.627. The summed E-state index contributed by atoms with van der Waals surface area (Å²) >= 11 is 0. The van der Waals surface area contributed by atoms with Crippen LogP contribution in [0.15, 0.2) is 67.3 Å². The van der Waals surface area contributed by atoms with Gasteiger partial charge in [0.15, 0.2) is 0 Å². The molecule has 0 aliphatic heterocycles. The first-order valence-electron chi connectivity index (χ1n) is 5.24. The van der Waals surface area contributed by atoms with Gasteiger partial charge in [-0.1, -0.05) is 48.5 Å². The van der Waals surface area contributed by atoms with E-state index in [-0.39, 0.29) is 11.7 Å². The first-order chi connectivity index (χ1) is 7.81. The van der Waals surface area contributed by atoms with Crippen LogP contribution >= 0.6 is 0 Å². The van der Waals surface area contributed by atoms with E-state index in [0.717, 1.165) is 5.56 Å². The number of halogens is 1. The first kappa shape index (κ1) is 10.6. The molecule has 2 rings (SSSR count). The number of allylic oxidation sites excluding steroid dienone is 1. The van der Waals surface area contributed by atoms with Crippen molar-refractivity contribution >= 4 is 0 Å². The van der Waals surface area contributed by atoms with Crippen LogP contribution in [0.2, 0.25) is 0 Å². The van der Waals surface area contributed by atoms with Gasteiger partial charge in [0, 0.05) is 5.92 Å². The van der Waals surface area contributed by atoms with Gasteiger partial charge in [0.2, 0.25) is 0 Å². The first-order valence-corrected chi connectivity index (χ1v) is 5.24. The third-order valence-electron chi connectivity index (χ3n) is 2.62. The molecule has 0 bridgehead atoms. The number of hydrogen-bond donors (Lipinski definition) is 0. The molecule has 1 atom stereocenters. The zero-order valence-corrected chi connectivity index (χ0v) is 8.94. The van der Waals surface area contributed by atoms with Gasteiger partial charge in [-0.3, -0.25) is 0 Å². The van der Waals surface area contributed by atoms with Crippen molar-refractivity contribution in [3.63, 3.8) is 0 Å². The maximum Gasteiger partial charge on any atom is 0.123 e. The Balaban J connectivity index is 2.37. The maximum atomic E-state index is 12.8. The van der Waals surface area contributed by atoms with E-state index in [1.807, 2.05) is 24.3 Å². The van der Waals surface area contributed by atoms with Crippen LogP contribution in [0.1, 0.15) is 17.0 Å². The monoisotopic (exact) mass is 212 g/mol. The molecule has 0 fully saturated rings. The molecular formula is C15H13F. The summed E-state index contributed by atoms with van der Waals surface area (Å²) in [5.74, 6) is -0.0820. The van der Waals surface area contributed by atoms with E-state index in [0.29, 0.717) is 0 Å². The van der Waals surface area contributed by atoms with Crippen LogP contribution in [0, 0.1) is 5.82 Å². The van der Waals surface area contributed by atoms with Crippen LogP contribution in [-0.2, 0) is 0 Å². The second-order valence-corrected chi connectivity index (χ2v) is 3.68. The third-order valence-corrected chi connectivity index (χ3v) is 2.62. The van der Waals surface area contributed by atoms with Crippen LogP contribution in [0.25, 0.3) is 0 Å². The van der Waals surface area contributed by atoms with Crippen LogP contribution in [-0.4, -0.2) is 0 Å². The van der Waals surface area contributed by atoms with Crippen molar-refractivity contribution in [3.8, 4) is 0 Å². The fourth-order valence-corrected chi connectivity index (χ4v) is 1.80. The minimum atomic E-state index is -0.209. The molecule has 0 aromatic heterocycles. The van der Waals surface area contributed by atoms with Gasteiger partial charge in [0.1, 0.15) is 5.82 Å². The molecule has 0 saturated heterocycles. The predicted molar refractivity (Wildman–Crippen MR) is 64.9 cm³/mol. The van der Waals surface area contributed by atoms with E-state index in [1.54, 1.807) is 12.1 Å². The summed E-state index contributed by atoms with van der Waals surface area (Å²) in [5.41, 5.74) is 2.23. The average Bonchev–Trinajstić information content (AvgIpc) is 2.34. The molecule has 0 radical (unpaired) electrons. The molecule has 80 valence electrons. The lowest BCUT2D eigenvalue weighted by Gasteiger charge is -2.13. The Morgan fingerprint density at radius 1 is 0.875 bits per heavy atom. The van der Waals surface area contributed by atoms with E-state index in [4.69, 9.17) is 0 Å². The Kier molecular flexibility index (Phi) is 3.16. The molecule has 0 aliphatic carbocycles. The number of hydrogen-bond acceptors (Lipinski definition) is 0. The molecule has 0 nitrogen and oxygen atoms in total. The van der Waals surface area contributed by atoms with Crippen LogP contribution in [0.5, 0.6) is 0 Å². The van der Waals surface area contributed by atoms with Crippen molar-refractivity contribution < 1.29 is 4.39 Å². The normalized spacial score (nSPS) is 12.1. The number of benzene rings is 2. The molecule has 2 aromatic rings. The van der Waals surface area contributed by atoms with Crippen molar-refractivity contribution in [2.24, 2.45) is 0 Å². The summed E-state index contributed by atoms with van der Waals surface area (Å²) < 4.78 is 12.8. The average molecular weight is 212 g/mol. The highest BCUT2D eigenvalue weighted by atomic mass is 19.1. The van der Waals surface area contributed by atoms with Gasteiger partial charge >= 0.3 is 0 Å². The quantitative estimate of drug-likeness (QED) is 0.671. The molecule has 0 aliphatic rings. The van der Waals surface area contributed by atoms with Crippen LogP contribution < -0.4 is 0 Å². The van der Waals surface area contributed by atoms with Gasteiger partial charge in [-0.05, 0) is 23.3 Å². The molecule has 0 saturated carbocycles. The molecular weight excluding hydrogens is 199 g/mol. The smallest absolute Gasteiger partial charge is 0.123 e. The fourth-order valence-electron chi connectivity index (χ4n) is 1.80. The van der Waals surface area contributed by atoms with Crippen LogP contribution in [0.4, 0.5) is 4.39 Å². The van der Waals surface area contributed by atoms with E-state index in [1.165, 1.54) is 17.7 Å². The van der Waals surface area contributed by atoms with Gasteiger partial charge in [-0.15, -0.1) is 6.58 Å². The summed E-state index contributed by atoms with van der Waals surface area (Å²) in [6.07, 6.45) is 1.88. The Bertz CT molecular complexity index is 457. The summed E-state index contributed by atoms with van der Waals surface area (Å²) in [6, 6.07) is 16.6. The topological polar surface area (TPSA) is 0 Å². The van der Waals surface area contributed by atoms with Gasteiger partial charge in [0.25, 0.3) is 0 Å². The molecule has 1 unspecified atom stereocenters. The minimum absolute atomic E-state index is 0.127. The van der Waals surface area contributed by atoms with Gasteiger partial charge in [-0.2, -0.15) is 0 Å². The maximum absolute atomic E-state index is 12.8. The lowest BCUT2D eigenvalue weighted by atomic mass is 9.91. The zero-order valence-electron chi connectivity index (χ0n) is 8.94.